The summed E-state index contributed by atoms with van der Waals surface area (Å²) in [5.74, 6) is -0.967. The number of rotatable bonds is 4. The van der Waals surface area contributed by atoms with Crippen molar-refractivity contribution < 1.29 is 15.0 Å². The van der Waals surface area contributed by atoms with E-state index in [-0.39, 0.29) is 6.42 Å². The van der Waals surface area contributed by atoms with Crippen LogP contribution in [-0.4, -0.2) is 22.3 Å². The molecule has 3 nitrogen and oxygen atoms in total. The standard InChI is InChI=1S/C11H14O3/c1-8-3-2-4-9(5-8)6-10(12)7-11(13)14/h2-5,10,12H,6-7H2,1H3,(H,13,14). The second kappa shape index (κ2) is 4.77. The van der Waals surface area contributed by atoms with E-state index in [1.54, 1.807) is 0 Å². The van der Waals surface area contributed by atoms with Crippen LogP contribution in [0.2, 0.25) is 0 Å². The molecule has 0 amide bonds. The Labute approximate surface area is 83.0 Å². The van der Waals surface area contributed by atoms with E-state index >= 15 is 0 Å². The first-order valence-corrected chi connectivity index (χ1v) is 4.53. The van der Waals surface area contributed by atoms with Crippen molar-refractivity contribution in [3.63, 3.8) is 0 Å². The molecule has 1 aromatic rings. The minimum atomic E-state index is -0.967. The number of aliphatic hydroxyl groups is 1. The van der Waals surface area contributed by atoms with E-state index in [1.165, 1.54) is 0 Å². The number of aliphatic carboxylic acids is 1. The summed E-state index contributed by atoms with van der Waals surface area (Å²) in [6.45, 7) is 1.97. The normalized spacial score (nSPS) is 12.4. The Balaban J connectivity index is 2.55. The van der Waals surface area contributed by atoms with E-state index in [1.807, 2.05) is 31.2 Å². The Hall–Kier alpha value is -1.35. The van der Waals surface area contributed by atoms with Crippen LogP contribution in [0.3, 0.4) is 0 Å². The van der Waals surface area contributed by atoms with E-state index in [4.69, 9.17) is 5.11 Å². The minimum absolute atomic E-state index is 0.200. The Morgan fingerprint density at radius 2 is 2.21 bits per heavy atom. The predicted molar refractivity (Wildman–Crippen MR) is 53.1 cm³/mol. The van der Waals surface area contributed by atoms with Crippen molar-refractivity contribution in [2.75, 3.05) is 0 Å². The number of hydrogen-bond donors (Lipinski definition) is 2. The first-order valence-electron chi connectivity index (χ1n) is 4.53. The van der Waals surface area contributed by atoms with Gasteiger partial charge in [-0.05, 0) is 18.9 Å². The molecule has 0 bridgehead atoms. The molecule has 1 aromatic carbocycles. The molecule has 0 saturated heterocycles. The van der Waals surface area contributed by atoms with Crippen LogP contribution in [0.15, 0.2) is 24.3 Å². The molecule has 0 aliphatic heterocycles. The molecule has 0 spiro atoms. The Morgan fingerprint density at radius 1 is 1.50 bits per heavy atom. The maximum Gasteiger partial charge on any atom is 0.305 e. The number of aliphatic hydroxyl groups excluding tert-OH is 1. The van der Waals surface area contributed by atoms with Gasteiger partial charge in [0.2, 0.25) is 0 Å². The zero-order valence-electron chi connectivity index (χ0n) is 8.10. The number of hydrogen-bond acceptors (Lipinski definition) is 2. The molecular weight excluding hydrogens is 180 g/mol. The van der Waals surface area contributed by atoms with Gasteiger partial charge in [0.25, 0.3) is 0 Å². The van der Waals surface area contributed by atoms with Gasteiger partial charge < -0.3 is 10.2 Å². The lowest BCUT2D eigenvalue weighted by molar-refractivity contribution is -0.139. The zero-order chi connectivity index (χ0) is 10.6. The van der Waals surface area contributed by atoms with Crippen molar-refractivity contribution in [1.29, 1.82) is 0 Å². The van der Waals surface area contributed by atoms with Crippen molar-refractivity contribution in [3.8, 4) is 0 Å². The molecule has 0 aliphatic carbocycles. The fourth-order valence-electron chi connectivity index (χ4n) is 1.38. The highest BCUT2D eigenvalue weighted by Crippen LogP contribution is 2.08. The lowest BCUT2D eigenvalue weighted by atomic mass is 10.0. The van der Waals surface area contributed by atoms with Gasteiger partial charge in [-0.25, -0.2) is 0 Å². The molecule has 1 rings (SSSR count). The first kappa shape index (κ1) is 10.7. The molecule has 0 saturated carbocycles. The van der Waals surface area contributed by atoms with Gasteiger partial charge in [-0.2, -0.15) is 0 Å². The Kier molecular flexibility index (Phi) is 3.65. The zero-order valence-corrected chi connectivity index (χ0v) is 8.10. The highest BCUT2D eigenvalue weighted by atomic mass is 16.4. The summed E-state index contributed by atoms with van der Waals surface area (Å²) >= 11 is 0. The van der Waals surface area contributed by atoms with Gasteiger partial charge in [0, 0.05) is 0 Å². The second-order valence-electron chi connectivity index (χ2n) is 3.44. The smallest absolute Gasteiger partial charge is 0.305 e. The van der Waals surface area contributed by atoms with Crippen LogP contribution in [-0.2, 0) is 11.2 Å². The molecule has 0 heterocycles. The lowest BCUT2D eigenvalue weighted by Crippen LogP contribution is -2.15. The third-order valence-electron chi connectivity index (χ3n) is 1.96. The van der Waals surface area contributed by atoms with E-state index in [9.17, 15) is 9.90 Å². The Bertz CT molecular complexity index is 320. The van der Waals surface area contributed by atoms with E-state index in [0.717, 1.165) is 11.1 Å². The summed E-state index contributed by atoms with van der Waals surface area (Å²) in [5.41, 5.74) is 2.09. The average Bonchev–Trinajstić information content (AvgIpc) is 2.01. The average molecular weight is 194 g/mol. The van der Waals surface area contributed by atoms with Crippen molar-refractivity contribution in [2.45, 2.75) is 25.9 Å². The predicted octanol–water partition coefficient (Wildman–Crippen LogP) is 1.37. The van der Waals surface area contributed by atoms with Crippen molar-refractivity contribution in [1.82, 2.24) is 0 Å². The SMILES string of the molecule is Cc1cccc(CC(O)CC(=O)O)c1. The summed E-state index contributed by atoms with van der Waals surface area (Å²) in [5, 5.41) is 17.8. The third-order valence-corrected chi connectivity index (χ3v) is 1.96. The maximum atomic E-state index is 10.3. The summed E-state index contributed by atoms with van der Waals surface area (Å²) < 4.78 is 0. The lowest BCUT2D eigenvalue weighted by Gasteiger charge is -2.07. The van der Waals surface area contributed by atoms with Gasteiger partial charge >= 0.3 is 5.97 Å². The molecular formula is C11H14O3. The fourth-order valence-corrected chi connectivity index (χ4v) is 1.38. The summed E-state index contributed by atoms with van der Waals surface area (Å²) in [7, 11) is 0. The molecule has 1 atom stereocenters. The van der Waals surface area contributed by atoms with Gasteiger partial charge in [-0.15, -0.1) is 0 Å². The summed E-state index contributed by atoms with van der Waals surface area (Å²) in [6.07, 6.45) is -0.601. The third kappa shape index (κ3) is 3.58. The molecule has 3 heteroatoms. The summed E-state index contributed by atoms with van der Waals surface area (Å²) in [6, 6.07) is 7.70. The first-order chi connectivity index (χ1) is 6.58. The molecule has 14 heavy (non-hydrogen) atoms. The van der Waals surface area contributed by atoms with Crippen LogP contribution in [0.4, 0.5) is 0 Å². The highest BCUT2D eigenvalue weighted by Gasteiger charge is 2.09. The van der Waals surface area contributed by atoms with Gasteiger partial charge in [0.1, 0.15) is 0 Å². The number of carbonyl (C=O) groups is 1. The van der Waals surface area contributed by atoms with Crippen molar-refractivity contribution >= 4 is 5.97 Å². The van der Waals surface area contributed by atoms with Gasteiger partial charge in [0.15, 0.2) is 0 Å². The molecule has 2 N–H and O–H groups in total. The Morgan fingerprint density at radius 3 is 2.79 bits per heavy atom. The van der Waals surface area contributed by atoms with Crippen molar-refractivity contribution in [2.24, 2.45) is 0 Å². The maximum absolute atomic E-state index is 10.3. The number of carboxylic acid groups (broad SMARTS) is 1. The monoisotopic (exact) mass is 194 g/mol. The van der Waals surface area contributed by atoms with Gasteiger partial charge in [-0.1, -0.05) is 29.8 Å². The van der Waals surface area contributed by atoms with Gasteiger partial charge in [-0.3, -0.25) is 4.79 Å². The largest absolute Gasteiger partial charge is 0.481 e. The van der Waals surface area contributed by atoms with Crippen LogP contribution in [0.1, 0.15) is 17.5 Å². The minimum Gasteiger partial charge on any atom is -0.481 e. The molecule has 0 radical (unpaired) electrons. The van der Waals surface area contributed by atoms with Crippen LogP contribution in [0, 0.1) is 6.92 Å². The quantitative estimate of drug-likeness (QED) is 0.761. The number of benzene rings is 1. The van der Waals surface area contributed by atoms with E-state index in [0.29, 0.717) is 6.42 Å². The molecule has 0 fully saturated rings. The molecule has 0 aromatic heterocycles. The van der Waals surface area contributed by atoms with E-state index in [2.05, 4.69) is 0 Å². The fraction of sp³-hybridized carbons (Fsp3) is 0.364. The molecule has 76 valence electrons. The van der Waals surface area contributed by atoms with Gasteiger partial charge in [0.05, 0.1) is 12.5 Å². The summed E-state index contributed by atoms with van der Waals surface area (Å²) in [4.78, 5) is 10.3. The number of aryl methyl sites for hydroxylation is 1. The number of carboxylic acids is 1. The second-order valence-corrected chi connectivity index (χ2v) is 3.44. The van der Waals surface area contributed by atoms with Crippen LogP contribution in [0.5, 0.6) is 0 Å². The van der Waals surface area contributed by atoms with E-state index < -0.39 is 12.1 Å². The van der Waals surface area contributed by atoms with Crippen LogP contribution < -0.4 is 0 Å². The topological polar surface area (TPSA) is 57.5 Å². The molecule has 0 aliphatic rings. The molecule has 1 unspecified atom stereocenters. The van der Waals surface area contributed by atoms with Crippen LogP contribution >= 0.6 is 0 Å². The van der Waals surface area contributed by atoms with Crippen molar-refractivity contribution in [3.05, 3.63) is 35.4 Å². The highest BCUT2D eigenvalue weighted by molar-refractivity contribution is 5.67. The van der Waals surface area contributed by atoms with Crippen LogP contribution in [0.25, 0.3) is 0 Å².